The van der Waals surface area contributed by atoms with E-state index in [9.17, 15) is 9.18 Å². The van der Waals surface area contributed by atoms with Gasteiger partial charge in [0.05, 0.1) is 0 Å². The molecule has 1 aliphatic heterocycles. The first-order valence-electron chi connectivity index (χ1n) is 10.8. The first-order valence-corrected chi connectivity index (χ1v) is 11.6. The third kappa shape index (κ3) is 6.05. The summed E-state index contributed by atoms with van der Waals surface area (Å²) in [6, 6.07) is 17.5. The van der Waals surface area contributed by atoms with Crippen molar-refractivity contribution in [2.24, 2.45) is 0 Å². The summed E-state index contributed by atoms with van der Waals surface area (Å²) < 4.78 is 19.2. The molecule has 33 heavy (non-hydrogen) atoms. The highest BCUT2D eigenvalue weighted by Crippen LogP contribution is 2.23. The summed E-state index contributed by atoms with van der Waals surface area (Å²) in [5.41, 5.74) is 3.44. The predicted octanol–water partition coefficient (Wildman–Crippen LogP) is 5.98. The highest BCUT2D eigenvalue weighted by Gasteiger charge is 2.23. The van der Waals surface area contributed by atoms with E-state index in [-0.39, 0.29) is 11.7 Å². The van der Waals surface area contributed by atoms with Crippen molar-refractivity contribution in [1.29, 1.82) is 0 Å². The van der Waals surface area contributed by atoms with Gasteiger partial charge < -0.3 is 9.64 Å². The van der Waals surface area contributed by atoms with Crippen molar-refractivity contribution in [3.63, 3.8) is 0 Å². The van der Waals surface area contributed by atoms with Gasteiger partial charge in [-0.05, 0) is 66.1 Å². The molecular formula is C26H25Cl2FN2O2. The molecule has 0 unspecified atom stereocenters. The highest BCUT2D eigenvalue weighted by molar-refractivity contribution is 6.31. The first kappa shape index (κ1) is 23.6. The van der Waals surface area contributed by atoms with Crippen molar-refractivity contribution < 1.29 is 13.9 Å². The molecule has 3 aromatic rings. The number of piperazine rings is 1. The van der Waals surface area contributed by atoms with Gasteiger partial charge in [0.15, 0.2) is 0 Å². The minimum Gasteiger partial charge on any atom is -0.489 e. The molecule has 0 aromatic heterocycles. The van der Waals surface area contributed by atoms with Crippen LogP contribution in [0.5, 0.6) is 5.75 Å². The van der Waals surface area contributed by atoms with E-state index >= 15 is 0 Å². The zero-order valence-corrected chi connectivity index (χ0v) is 19.9. The van der Waals surface area contributed by atoms with Crippen LogP contribution in [0.4, 0.5) is 4.39 Å². The van der Waals surface area contributed by atoms with E-state index in [4.69, 9.17) is 27.9 Å². The molecule has 0 bridgehead atoms. The summed E-state index contributed by atoms with van der Waals surface area (Å²) in [6.45, 7) is 5.68. The number of nitrogens with zero attached hydrogens (tertiary/aromatic N) is 2. The van der Waals surface area contributed by atoms with Gasteiger partial charge in [0, 0.05) is 48.3 Å². The van der Waals surface area contributed by atoms with E-state index in [1.165, 1.54) is 12.1 Å². The van der Waals surface area contributed by atoms with Crippen LogP contribution < -0.4 is 4.74 Å². The fourth-order valence-electron chi connectivity index (χ4n) is 3.91. The van der Waals surface area contributed by atoms with Crippen molar-refractivity contribution in [3.05, 3.63) is 98.8 Å². The predicted molar refractivity (Wildman–Crippen MR) is 130 cm³/mol. The van der Waals surface area contributed by atoms with Crippen LogP contribution in [-0.2, 0) is 13.2 Å². The summed E-state index contributed by atoms with van der Waals surface area (Å²) in [5, 5.41) is 1.11. The van der Waals surface area contributed by atoms with Gasteiger partial charge in [-0.3, -0.25) is 9.69 Å². The molecule has 1 fully saturated rings. The number of ether oxygens (including phenoxy) is 1. The topological polar surface area (TPSA) is 32.8 Å². The Kier molecular flexibility index (Phi) is 7.53. The maximum absolute atomic E-state index is 13.3. The van der Waals surface area contributed by atoms with Crippen LogP contribution in [0.15, 0.2) is 60.7 Å². The zero-order chi connectivity index (χ0) is 23.4. The number of carbonyl (C=O) groups excluding carboxylic acids is 1. The molecule has 4 rings (SSSR count). The average Bonchev–Trinajstić information content (AvgIpc) is 2.80. The van der Waals surface area contributed by atoms with Gasteiger partial charge in [0.25, 0.3) is 5.91 Å². The van der Waals surface area contributed by atoms with E-state index in [0.29, 0.717) is 41.8 Å². The summed E-state index contributed by atoms with van der Waals surface area (Å²) in [6.07, 6.45) is 0. The van der Waals surface area contributed by atoms with Crippen LogP contribution in [0.2, 0.25) is 10.0 Å². The number of hydrogen-bond acceptors (Lipinski definition) is 3. The van der Waals surface area contributed by atoms with Crippen molar-refractivity contribution in [2.75, 3.05) is 26.2 Å². The molecule has 3 aromatic carbocycles. The number of hydrogen-bond donors (Lipinski definition) is 0. The lowest BCUT2D eigenvalue weighted by Gasteiger charge is -2.35. The number of carbonyl (C=O) groups is 1. The van der Waals surface area contributed by atoms with Crippen molar-refractivity contribution in [3.8, 4) is 5.75 Å². The number of amides is 1. The second-order valence-corrected chi connectivity index (χ2v) is 9.05. The van der Waals surface area contributed by atoms with Crippen molar-refractivity contribution >= 4 is 29.1 Å². The van der Waals surface area contributed by atoms with Crippen LogP contribution in [0.3, 0.4) is 0 Å². The third-order valence-electron chi connectivity index (χ3n) is 5.77. The van der Waals surface area contributed by atoms with Gasteiger partial charge >= 0.3 is 0 Å². The normalized spacial score (nSPS) is 14.4. The van der Waals surface area contributed by atoms with Crippen molar-refractivity contribution in [2.45, 2.75) is 20.1 Å². The monoisotopic (exact) mass is 486 g/mol. The van der Waals surface area contributed by atoms with Crippen LogP contribution in [0.1, 0.15) is 27.0 Å². The van der Waals surface area contributed by atoms with E-state index in [1.807, 2.05) is 48.2 Å². The summed E-state index contributed by atoms with van der Waals surface area (Å²) in [4.78, 5) is 17.2. The molecule has 0 atom stereocenters. The molecule has 172 valence electrons. The second kappa shape index (κ2) is 10.6. The molecule has 4 nitrogen and oxygen atoms in total. The van der Waals surface area contributed by atoms with E-state index in [1.54, 1.807) is 12.1 Å². The number of benzene rings is 3. The standard InChI is InChI=1S/C26H25Cl2FN2O2/c1-18-13-22(27)6-8-25(18)33-17-19-3-2-4-20(14-19)26(32)31-11-9-30(10-12-31)16-21-5-7-23(29)15-24(21)28/h2-8,13-15H,9-12,16-17H2,1H3. The Balaban J connectivity index is 1.33. The van der Waals surface area contributed by atoms with Crippen LogP contribution in [0, 0.1) is 12.7 Å². The fourth-order valence-corrected chi connectivity index (χ4v) is 4.37. The molecule has 1 saturated heterocycles. The third-order valence-corrected chi connectivity index (χ3v) is 6.36. The molecule has 1 amide bonds. The maximum Gasteiger partial charge on any atom is 0.253 e. The Bertz CT molecular complexity index is 1150. The smallest absolute Gasteiger partial charge is 0.253 e. The Morgan fingerprint density at radius 1 is 1.00 bits per heavy atom. The van der Waals surface area contributed by atoms with Gasteiger partial charge in [-0.15, -0.1) is 0 Å². The van der Waals surface area contributed by atoms with Crippen LogP contribution in [-0.4, -0.2) is 41.9 Å². The first-order chi connectivity index (χ1) is 15.9. The molecule has 0 saturated carbocycles. The lowest BCUT2D eigenvalue weighted by Crippen LogP contribution is -2.48. The highest BCUT2D eigenvalue weighted by atomic mass is 35.5. The molecule has 1 heterocycles. The molecule has 0 aliphatic carbocycles. The van der Waals surface area contributed by atoms with E-state index < -0.39 is 0 Å². The van der Waals surface area contributed by atoms with Crippen LogP contribution >= 0.6 is 23.2 Å². The Labute approximate surface area is 203 Å². The minimum absolute atomic E-state index is 0.0130. The fraction of sp³-hybridized carbons (Fsp3) is 0.269. The van der Waals surface area contributed by atoms with Gasteiger partial charge in [-0.25, -0.2) is 4.39 Å². The quantitative estimate of drug-likeness (QED) is 0.429. The molecule has 0 N–H and O–H groups in total. The minimum atomic E-state index is -0.338. The molecular weight excluding hydrogens is 462 g/mol. The summed E-state index contributed by atoms with van der Waals surface area (Å²) in [7, 11) is 0. The van der Waals surface area contributed by atoms with Gasteiger partial charge in [0.1, 0.15) is 18.2 Å². The number of aryl methyl sites for hydroxylation is 1. The Morgan fingerprint density at radius 2 is 1.79 bits per heavy atom. The lowest BCUT2D eigenvalue weighted by atomic mass is 10.1. The van der Waals surface area contributed by atoms with E-state index in [0.717, 1.165) is 35.5 Å². The average molecular weight is 487 g/mol. The van der Waals surface area contributed by atoms with Gasteiger partial charge in [-0.1, -0.05) is 41.4 Å². The largest absolute Gasteiger partial charge is 0.489 e. The molecule has 7 heteroatoms. The van der Waals surface area contributed by atoms with Gasteiger partial charge in [-0.2, -0.15) is 0 Å². The SMILES string of the molecule is Cc1cc(Cl)ccc1OCc1cccc(C(=O)N2CCN(Cc3ccc(F)cc3Cl)CC2)c1. The second-order valence-electron chi connectivity index (χ2n) is 8.20. The maximum atomic E-state index is 13.3. The molecule has 0 radical (unpaired) electrons. The number of rotatable bonds is 6. The summed E-state index contributed by atoms with van der Waals surface area (Å²) in [5.74, 6) is 0.447. The van der Waals surface area contributed by atoms with E-state index in [2.05, 4.69) is 4.90 Å². The van der Waals surface area contributed by atoms with Gasteiger partial charge in [0.2, 0.25) is 0 Å². The molecule has 1 aliphatic rings. The van der Waals surface area contributed by atoms with Crippen LogP contribution in [0.25, 0.3) is 0 Å². The molecule has 0 spiro atoms. The Morgan fingerprint density at radius 3 is 2.52 bits per heavy atom. The zero-order valence-electron chi connectivity index (χ0n) is 18.4. The summed E-state index contributed by atoms with van der Waals surface area (Å²) >= 11 is 12.2. The Hall–Kier alpha value is -2.60. The lowest BCUT2D eigenvalue weighted by molar-refractivity contribution is 0.0628. The number of halogens is 3. The van der Waals surface area contributed by atoms with Crippen molar-refractivity contribution in [1.82, 2.24) is 9.80 Å².